The second-order valence-electron chi connectivity index (χ2n) is 27.5. The Hall–Kier alpha value is -1.94. The summed E-state index contributed by atoms with van der Waals surface area (Å²) in [7, 11) is -9.91. The molecule has 0 fully saturated rings. The minimum Gasteiger partial charge on any atom is -0.462 e. The summed E-state index contributed by atoms with van der Waals surface area (Å²) in [6.07, 6.45) is 56.8. The molecular formula is C75H146O17P2. The van der Waals surface area contributed by atoms with E-state index in [0.29, 0.717) is 31.6 Å². The Morgan fingerprint density at radius 1 is 0.287 bits per heavy atom. The van der Waals surface area contributed by atoms with Crippen molar-refractivity contribution in [2.45, 2.75) is 412 Å². The topological polar surface area (TPSA) is 237 Å². The van der Waals surface area contributed by atoms with E-state index < -0.39 is 97.5 Å². The predicted molar refractivity (Wildman–Crippen MR) is 382 cm³/mol. The third kappa shape index (κ3) is 68.6. The lowest BCUT2D eigenvalue weighted by molar-refractivity contribution is -0.161. The molecular weight excluding hydrogens is 1230 g/mol. The molecule has 19 heteroatoms. The molecule has 0 amide bonds. The number of phosphoric ester groups is 2. The van der Waals surface area contributed by atoms with Crippen LogP contribution < -0.4 is 0 Å². The summed E-state index contributed by atoms with van der Waals surface area (Å²) in [6.45, 7) is 7.24. The zero-order chi connectivity index (χ0) is 69.1. The SMILES string of the molecule is CCCCCCCCCCCCCCCCCCC(=O)O[C@H](COC(=O)CCCCCCCCCCCCCCCC)COP(=O)(O)OC[C@@H](O)COP(=O)(O)OC[C@@H](COC(=O)CCCCCCCCCC(C)C)OC(=O)CCCCCCCCCCCCCCCC. The molecule has 2 unspecified atom stereocenters. The zero-order valence-corrected chi connectivity index (χ0v) is 62.9. The third-order valence-corrected chi connectivity index (χ3v) is 19.4. The zero-order valence-electron chi connectivity index (χ0n) is 61.1. The molecule has 0 aliphatic carbocycles. The van der Waals surface area contributed by atoms with Gasteiger partial charge in [0.2, 0.25) is 0 Å². The van der Waals surface area contributed by atoms with Crippen molar-refractivity contribution in [3.05, 3.63) is 0 Å². The lowest BCUT2D eigenvalue weighted by Gasteiger charge is -2.21. The van der Waals surface area contributed by atoms with Gasteiger partial charge in [-0.15, -0.1) is 0 Å². The van der Waals surface area contributed by atoms with Gasteiger partial charge in [-0.3, -0.25) is 37.3 Å². The first-order chi connectivity index (χ1) is 45.5. The van der Waals surface area contributed by atoms with Crippen LogP contribution in [0.3, 0.4) is 0 Å². The molecule has 17 nitrogen and oxygen atoms in total. The summed E-state index contributed by atoms with van der Waals surface area (Å²) in [5, 5.41) is 10.6. The van der Waals surface area contributed by atoms with E-state index in [4.69, 9.17) is 37.0 Å². The van der Waals surface area contributed by atoms with Crippen LogP contribution in [0, 0.1) is 5.92 Å². The second kappa shape index (κ2) is 68.2. The van der Waals surface area contributed by atoms with Crippen LogP contribution in [0.15, 0.2) is 0 Å². The van der Waals surface area contributed by atoms with E-state index in [0.717, 1.165) is 96.3 Å². The van der Waals surface area contributed by atoms with Gasteiger partial charge in [0.1, 0.15) is 19.3 Å². The maximum absolute atomic E-state index is 13.1. The van der Waals surface area contributed by atoms with Gasteiger partial charge >= 0.3 is 39.5 Å². The molecule has 0 aliphatic rings. The molecule has 94 heavy (non-hydrogen) atoms. The van der Waals surface area contributed by atoms with Crippen LogP contribution in [0.2, 0.25) is 0 Å². The monoisotopic (exact) mass is 1380 g/mol. The Balaban J connectivity index is 5.25. The third-order valence-electron chi connectivity index (χ3n) is 17.5. The number of hydrogen-bond acceptors (Lipinski definition) is 15. The van der Waals surface area contributed by atoms with Crippen LogP contribution in [-0.4, -0.2) is 96.7 Å². The Morgan fingerprint density at radius 3 is 0.723 bits per heavy atom. The van der Waals surface area contributed by atoms with Gasteiger partial charge in [-0.2, -0.15) is 0 Å². The molecule has 0 bridgehead atoms. The van der Waals surface area contributed by atoms with Crippen molar-refractivity contribution >= 4 is 39.5 Å². The minimum absolute atomic E-state index is 0.107. The first kappa shape index (κ1) is 92.1. The van der Waals surface area contributed by atoms with Crippen LogP contribution in [0.5, 0.6) is 0 Å². The van der Waals surface area contributed by atoms with Crippen LogP contribution in [-0.2, 0) is 65.4 Å². The highest BCUT2D eigenvalue weighted by Crippen LogP contribution is 2.45. The fraction of sp³-hybridized carbons (Fsp3) is 0.947. The number of carbonyl (C=O) groups excluding carboxylic acids is 4. The molecule has 5 atom stereocenters. The largest absolute Gasteiger partial charge is 0.472 e. The van der Waals surface area contributed by atoms with E-state index in [2.05, 4.69) is 34.6 Å². The van der Waals surface area contributed by atoms with Gasteiger partial charge in [0.05, 0.1) is 26.4 Å². The van der Waals surface area contributed by atoms with Crippen molar-refractivity contribution in [1.29, 1.82) is 0 Å². The van der Waals surface area contributed by atoms with Crippen molar-refractivity contribution in [3.63, 3.8) is 0 Å². The quantitative estimate of drug-likeness (QED) is 0.0222. The van der Waals surface area contributed by atoms with Gasteiger partial charge in [0, 0.05) is 25.7 Å². The number of rotatable bonds is 75. The highest BCUT2D eigenvalue weighted by atomic mass is 31.2. The molecule has 0 aromatic heterocycles. The maximum atomic E-state index is 13.1. The summed E-state index contributed by atoms with van der Waals surface area (Å²) in [4.78, 5) is 72.8. The first-order valence-electron chi connectivity index (χ1n) is 39.1. The van der Waals surface area contributed by atoms with Crippen LogP contribution in [0.25, 0.3) is 0 Å². The lowest BCUT2D eigenvalue weighted by atomic mass is 10.0. The number of aliphatic hydroxyl groups is 1. The number of phosphoric acid groups is 2. The van der Waals surface area contributed by atoms with Crippen LogP contribution in [0.4, 0.5) is 0 Å². The summed E-state index contributed by atoms with van der Waals surface area (Å²) < 4.78 is 68.5. The molecule has 0 spiro atoms. The van der Waals surface area contributed by atoms with Crippen LogP contribution in [0.1, 0.15) is 394 Å². The van der Waals surface area contributed by atoms with Crippen molar-refractivity contribution in [2.24, 2.45) is 5.92 Å². The fourth-order valence-corrected chi connectivity index (χ4v) is 13.1. The number of hydrogen-bond donors (Lipinski definition) is 3. The molecule has 0 rings (SSSR count). The van der Waals surface area contributed by atoms with Crippen molar-refractivity contribution in [1.82, 2.24) is 0 Å². The standard InChI is InChI=1S/C75H146O17P2/c1-6-9-12-15-18-21-24-27-30-31-34-37-40-45-51-56-61-74(79)91-70(64-85-72(77)58-53-48-43-38-35-32-28-25-22-19-16-13-10-7-2)66-89-93(81,82)87-62-69(76)63-88-94(83,84)90-67-71(65-86-73(78)59-54-49-46-41-42-47-52-57-68(4)5)92-75(80)60-55-50-44-39-36-33-29-26-23-20-17-14-11-8-3/h68-71,76H,6-67H2,1-5H3,(H,81,82)(H,83,84)/t69-,70-,71-/m1/s1. The summed E-state index contributed by atoms with van der Waals surface area (Å²) in [6, 6.07) is 0. The molecule has 0 aromatic carbocycles. The van der Waals surface area contributed by atoms with Gasteiger partial charge < -0.3 is 33.8 Å². The molecule has 0 saturated carbocycles. The van der Waals surface area contributed by atoms with E-state index in [1.54, 1.807) is 0 Å². The average molecular weight is 1380 g/mol. The highest BCUT2D eigenvalue weighted by molar-refractivity contribution is 7.47. The summed E-state index contributed by atoms with van der Waals surface area (Å²) in [5.74, 6) is -1.41. The predicted octanol–water partition coefficient (Wildman–Crippen LogP) is 22.1. The van der Waals surface area contributed by atoms with E-state index in [1.807, 2.05) is 0 Å². The normalized spacial score (nSPS) is 14.0. The maximum Gasteiger partial charge on any atom is 0.472 e. The fourth-order valence-electron chi connectivity index (χ4n) is 11.5. The smallest absolute Gasteiger partial charge is 0.462 e. The molecule has 0 aromatic rings. The lowest BCUT2D eigenvalue weighted by Crippen LogP contribution is -2.30. The molecule has 0 aliphatic heterocycles. The molecule has 0 heterocycles. The van der Waals surface area contributed by atoms with Crippen molar-refractivity contribution < 1.29 is 80.2 Å². The molecule has 0 radical (unpaired) electrons. The first-order valence-corrected chi connectivity index (χ1v) is 42.1. The van der Waals surface area contributed by atoms with E-state index >= 15 is 0 Å². The average Bonchev–Trinajstić information content (AvgIpc) is 1.84. The molecule has 558 valence electrons. The molecule has 0 saturated heterocycles. The summed E-state index contributed by atoms with van der Waals surface area (Å²) in [5.41, 5.74) is 0. The number of aliphatic hydroxyl groups excluding tert-OH is 1. The second-order valence-corrected chi connectivity index (χ2v) is 30.4. The Kier molecular flexibility index (Phi) is 66.8. The van der Waals surface area contributed by atoms with Gasteiger partial charge in [-0.1, -0.05) is 343 Å². The van der Waals surface area contributed by atoms with E-state index in [-0.39, 0.29) is 25.7 Å². The van der Waals surface area contributed by atoms with Crippen molar-refractivity contribution in [2.75, 3.05) is 39.6 Å². The van der Waals surface area contributed by atoms with Crippen LogP contribution >= 0.6 is 15.6 Å². The van der Waals surface area contributed by atoms with Crippen molar-refractivity contribution in [3.8, 4) is 0 Å². The Bertz CT molecular complexity index is 1810. The number of ether oxygens (including phenoxy) is 4. The van der Waals surface area contributed by atoms with Gasteiger partial charge in [0.15, 0.2) is 12.2 Å². The Labute approximate surface area is 575 Å². The number of esters is 4. The Morgan fingerprint density at radius 2 is 0.489 bits per heavy atom. The van der Waals surface area contributed by atoms with E-state index in [1.165, 1.54) is 212 Å². The van der Waals surface area contributed by atoms with E-state index in [9.17, 15) is 43.2 Å². The van der Waals surface area contributed by atoms with Gasteiger partial charge in [-0.25, -0.2) is 9.13 Å². The minimum atomic E-state index is -4.96. The van der Waals surface area contributed by atoms with Gasteiger partial charge in [-0.05, 0) is 31.6 Å². The number of unbranched alkanes of at least 4 members (excludes halogenated alkanes) is 47. The van der Waals surface area contributed by atoms with Gasteiger partial charge in [0.25, 0.3) is 0 Å². The highest BCUT2D eigenvalue weighted by Gasteiger charge is 2.30. The summed E-state index contributed by atoms with van der Waals surface area (Å²) >= 11 is 0. The molecule has 3 N–H and O–H groups in total. The number of carbonyl (C=O) groups is 4.